The Hall–Kier alpha value is -1.77. The van der Waals surface area contributed by atoms with Crippen molar-refractivity contribution in [2.75, 3.05) is 0 Å². The van der Waals surface area contributed by atoms with Gasteiger partial charge in [-0.25, -0.2) is 0 Å². The average molecular weight is 200 g/mol. The minimum atomic E-state index is -0.398. The Labute approximate surface area is 87.3 Å². The fraction of sp³-hybridized carbons (Fsp3) is 0.250. The zero-order valence-corrected chi connectivity index (χ0v) is 8.29. The normalized spacial score (nSPS) is 17.9. The van der Waals surface area contributed by atoms with Crippen molar-refractivity contribution in [2.24, 2.45) is 5.73 Å². The van der Waals surface area contributed by atoms with E-state index in [0.29, 0.717) is 0 Å². The molecule has 0 radical (unpaired) electrons. The Morgan fingerprint density at radius 3 is 2.80 bits per heavy atom. The number of carbonyl (C=O) groups excluding carboxylic acids is 1. The summed E-state index contributed by atoms with van der Waals surface area (Å²) in [7, 11) is 0. The highest BCUT2D eigenvalue weighted by molar-refractivity contribution is 5.96. The summed E-state index contributed by atoms with van der Waals surface area (Å²) in [6, 6.07) is 8.02. The van der Waals surface area contributed by atoms with Crippen LogP contribution in [0, 0.1) is 0 Å². The Kier molecular flexibility index (Phi) is 1.49. The van der Waals surface area contributed by atoms with Crippen LogP contribution < -0.4 is 5.73 Å². The smallest absolute Gasteiger partial charge is 0.228 e. The van der Waals surface area contributed by atoms with Crippen molar-refractivity contribution in [1.82, 2.24) is 4.98 Å². The quantitative estimate of drug-likeness (QED) is 0.761. The zero-order valence-electron chi connectivity index (χ0n) is 8.29. The topological polar surface area (TPSA) is 58.9 Å². The number of aromatic amines is 1. The van der Waals surface area contributed by atoms with Crippen LogP contribution in [0.15, 0.2) is 30.5 Å². The Morgan fingerprint density at radius 2 is 2.13 bits per heavy atom. The van der Waals surface area contributed by atoms with Crippen LogP contribution in [0.1, 0.15) is 18.4 Å². The molecule has 3 heteroatoms. The maximum absolute atomic E-state index is 11.5. The predicted octanol–water partition coefficient (Wildman–Crippen LogP) is 1.68. The molecule has 76 valence electrons. The highest BCUT2D eigenvalue weighted by Crippen LogP contribution is 2.49. The number of H-pyrrole nitrogens is 1. The highest BCUT2D eigenvalue weighted by atomic mass is 16.1. The first-order valence-corrected chi connectivity index (χ1v) is 5.10. The second kappa shape index (κ2) is 2.63. The first-order chi connectivity index (χ1) is 7.24. The zero-order chi connectivity index (χ0) is 10.5. The minimum absolute atomic E-state index is 0.204. The van der Waals surface area contributed by atoms with E-state index in [1.807, 2.05) is 30.5 Å². The third-order valence-electron chi connectivity index (χ3n) is 3.32. The van der Waals surface area contributed by atoms with Gasteiger partial charge in [-0.15, -0.1) is 0 Å². The fourth-order valence-corrected chi connectivity index (χ4v) is 2.26. The van der Waals surface area contributed by atoms with Crippen molar-refractivity contribution >= 4 is 16.8 Å². The molecule has 3 rings (SSSR count). The van der Waals surface area contributed by atoms with E-state index < -0.39 is 5.41 Å². The highest BCUT2D eigenvalue weighted by Gasteiger charge is 2.50. The molecule has 0 atom stereocenters. The van der Waals surface area contributed by atoms with Crippen LogP contribution in [-0.4, -0.2) is 10.9 Å². The van der Waals surface area contributed by atoms with Crippen molar-refractivity contribution < 1.29 is 4.79 Å². The summed E-state index contributed by atoms with van der Waals surface area (Å²) in [6.07, 6.45) is 3.65. The number of amides is 1. The van der Waals surface area contributed by atoms with Gasteiger partial charge in [0.25, 0.3) is 0 Å². The maximum atomic E-state index is 11.5. The predicted molar refractivity (Wildman–Crippen MR) is 58.4 cm³/mol. The van der Waals surface area contributed by atoms with Gasteiger partial charge in [-0.2, -0.15) is 0 Å². The number of hydrogen-bond acceptors (Lipinski definition) is 1. The lowest BCUT2D eigenvalue weighted by Crippen LogP contribution is -2.28. The first kappa shape index (κ1) is 8.53. The second-order valence-electron chi connectivity index (χ2n) is 4.19. The molecule has 1 fully saturated rings. The van der Waals surface area contributed by atoms with Crippen LogP contribution in [0.5, 0.6) is 0 Å². The lowest BCUT2D eigenvalue weighted by molar-refractivity contribution is -0.120. The van der Waals surface area contributed by atoms with Crippen LogP contribution in [-0.2, 0) is 10.2 Å². The van der Waals surface area contributed by atoms with Crippen LogP contribution in [0.25, 0.3) is 10.9 Å². The van der Waals surface area contributed by atoms with Gasteiger partial charge in [0.1, 0.15) is 0 Å². The van der Waals surface area contributed by atoms with Gasteiger partial charge in [0.15, 0.2) is 0 Å². The SMILES string of the molecule is NC(=O)C1(c2cccc3cc[nH]c23)CC1. The molecule has 0 bridgehead atoms. The summed E-state index contributed by atoms with van der Waals surface area (Å²) in [5.41, 5.74) is 7.18. The van der Waals surface area contributed by atoms with E-state index in [2.05, 4.69) is 4.98 Å². The van der Waals surface area contributed by atoms with Crippen molar-refractivity contribution in [3.8, 4) is 0 Å². The fourth-order valence-electron chi connectivity index (χ4n) is 2.26. The molecular formula is C12H12N2O. The number of benzene rings is 1. The summed E-state index contributed by atoms with van der Waals surface area (Å²) in [4.78, 5) is 14.6. The van der Waals surface area contributed by atoms with E-state index in [1.54, 1.807) is 0 Å². The maximum Gasteiger partial charge on any atom is 0.228 e. The molecule has 1 aliphatic carbocycles. The molecule has 1 aromatic carbocycles. The molecule has 1 saturated carbocycles. The van der Waals surface area contributed by atoms with Crippen molar-refractivity contribution in [2.45, 2.75) is 18.3 Å². The summed E-state index contributed by atoms with van der Waals surface area (Å²) >= 11 is 0. The van der Waals surface area contributed by atoms with E-state index >= 15 is 0 Å². The molecule has 3 nitrogen and oxygen atoms in total. The number of rotatable bonds is 2. The third-order valence-corrected chi connectivity index (χ3v) is 3.32. The van der Waals surface area contributed by atoms with Crippen molar-refractivity contribution in [3.63, 3.8) is 0 Å². The largest absolute Gasteiger partial charge is 0.369 e. The summed E-state index contributed by atoms with van der Waals surface area (Å²) < 4.78 is 0. The number of carbonyl (C=O) groups is 1. The molecule has 15 heavy (non-hydrogen) atoms. The minimum Gasteiger partial charge on any atom is -0.369 e. The van der Waals surface area contributed by atoms with E-state index in [-0.39, 0.29) is 5.91 Å². The number of hydrogen-bond donors (Lipinski definition) is 2. The monoisotopic (exact) mass is 200 g/mol. The summed E-state index contributed by atoms with van der Waals surface area (Å²) in [5, 5.41) is 1.14. The van der Waals surface area contributed by atoms with Gasteiger partial charge in [-0.1, -0.05) is 18.2 Å². The van der Waals surface area contributed by atoms with Crippen LogP contribution >= 0.6 is 0 Å². The first-order valence-electron chi connectivity index (χ1n) is 5.10. The molecule has 1 amide bonds. The molecule has 0 saturated heterocycles. The van der Waals surface area contributed by atoms with E-state index in [4.69, 9.17) is 5.73 Å². The van der Waals surface area contributed by atoms with Crippen molar-refractivity contribution in [3.05, 3.63) is 36.0 Å². The summed E-state index contributed by atoms with van der Waals surface area (Å²) in [5.74, 6) is -0.204. The molecule has 0 aliphatic heterocycles. The van der Waals surface area contributed by atoms with Gasteiger partial charge < -0.3 is 10.7 Å². The van der Waals surface area contributed by atoms with E-state index in [0.717, 1.165) is 29.3 Å². The van der Waals surface area contributed by atoms with Gasteiger partial charge in [0, 0.05) is 11.7 Å². The molecule has 1 heterocycles. The molecule has 0 spiro atoms. The standard InChI is InChI=1S/C12H12N2O/c13-11(15)12(5-6-12)9-3-1-2-8-4-7-14-10(8)9/h1-4,7,14H,5-6H2,(H2,13,15). The lowest BCUT2D eigenvalue weighted by atomic mass is 9.93. The Balaban J connectivity index is 2.27. The molecule has 1 aliphatic rings. The average Bonchev–Trinajstić information content (AvgIpc) is 2.89. The number of nitrogens with one attached hydrogen (secondary N) is 1. The van der Waals surface area contributed by atoms with E-state index in [9.17, 15) is 4.79 Å². The molecule has 1 aromatic heterocycles. The molecule has 3 N–H and O–H groups in total. The third kappa shape index (κ3) is 1.03. The number of nitrogens with two attached hydrogens (primary N) is 1. The molecular weight excluding hydrogens is 188 g/mol. The van der Waals surface area contributed by atoms with Crippen LogP contribution in [0.4, 0.5) is 0 Å². The van der Waals surface area contributed by atoms with E-state index in [1.165, 1.54) is 0 Å². The van der Waals surface area contributed by atoms with Gasteiger partial charge in [-0.3, -0.25) is 4.79 Å². The number of primary amides is 1. The number of aromatic nitrogens is 1. The lowest BCUT2D eigenvalue weighted by Gasteiger charge is -2.12. The molecule has 2 aromatic rings. The second-order valence-corrected chi connectivity index (χ2v) is 4.19. The van der Waals surface area contributed by atoms with Gasteiger partial charge >= 0.3 is 0 Å². The Morgan fingerprint density at radius 1 is 1.33 bits per heavy atom. The number of fused-ring (bicyclic) bond motifs is 1. The van der Waals surface area contributed by atoms with Gasteiger partial charge in [0.05, 0.1) is 5.41 Å². The van der Waals surface area contributed by atoms with Gasteiger partial charge in [-0.05, 0) is 29.9 Å². The van der Waals surface area contributed by atoms with Crippen LogP contribution in [0.2, 0.25) is 0 Å². The number of para-hydroxylation sites is 1. The summed E-state index contributed by atoms with van der Waals surface area (Å²) in [6.45, 7) is 0. The Bertz CT molecular complexity index is 537. The van der Waals surface area contributed by atoms with Crippen LogP contribution in [0.3, 0.4) is 0 Å². The van der Waals surface area contributed by atoms with Crippen molar-refractivity contribution in [1.29, 1.82) is 0 Å². The molecule has 0 unspecified atom stereocenters. The van der Waals surface area contributed by atoms with Gasteiger partial charge in [0.2, 0.25) is 5.91 Å².